The van der Waals surface area contributed by atoms with Gasteiger partial charge in [-0.05, 0) is 48.5 Å². The molecule has 3 N–H and O–H groups in total. The van der Waals surface area contributed by atoms with Crippen molar-refractivity contribution in [1.29, 1.82) is 0 Å². The number of aromatic nitrogens is 2. The summed E-state index contributed by atoms with van der Waals surface area (Å²) in [4.78, 5) is 25.2. The highest BCUT2D eigenvalue weighted by atomic mass is 35.5. The smallest absolute Gasteiger partial charge is 0.257 e. The van der Waals surface area contributed by atoms with Gasteiger partial charge in [-0.2, -0.15) is 5.10 Å². The highest BCUT2D eigenvalue weighted by Gasteiger charge is 2.13. The molecule has 0 aliphatic rings. The van der Waals surface area contributed by atoms with Gasteiger partial charge < -0.3 is 16.0 Å². The van der Waals surface area contributed by atoms with Gasteiger partial charge in [0.25, 0.3) is 5.91 Å². The average Bonchev–Trinajstić information content (AvgIpc) is 3.33. The standard InChI is InChI=1S/C24H20ClN5O2/c25-20-15-18(11-12-22(20)30-14-6-13-27-30)26-16-23(31)29-21-10-5-4-9-19(21)24(32)28-17-7-2-1-3-8-17/h1-15,26H,16H2,(H,28,32)(H,29,31). The van der Waals surface area contributed by atoms with Crippen molar-refractivity contribution in [3.05, 3.63) is 102 Å². The van der Waals surface area contributed by atoms with E-state index in [1.165, 1.54) is 0 Å². The van der Waals surface area contributed by atoms with Crippen molar-refractivity contribution < 1.29 is 9.59 Å². The number of amides is 2. The minimum absolute atomic E-state index is 0.00604. The van der Waals surface area contributed by atoms with Crippen LogP contribution in [0.15, 0.2) is 91.3 Å². The predicted molar refractivity (Wildman–Crippen MR) is 127 cm³/mol. The molecule has 1 aromatic heterocycles. The van der Waals surface area contributed by atoms with Gasteiger partial charge in [-0.15, -0.1) is 0 Å². The van der Waals surface area contributed by atoms with Crippen molar-refractivity contribution in [2.45, 2.75) is 0 Å². The van der Waals surface area contributed by atoms with Crippen molar-refractivity contribution >= 4 is 40.5 Å². The van der Waals surface area contributed by atoms with Gasteiger partial charge in [0.05, 0.1) is 28.5 Å². The topological polar surface area (TPSA) is 88.1 Å². The third-order valence-electron chi connectivity index (χ3n) is 4.63. The van der Waals surface area contributed by atoms with Crippen LogP contribution in [-0.2, 0) is 4.79 Å². The number of rotatable bonds is 7. The minimum Gasteiger partial charge on any atom is -0.376 e. The number of carbonyl (C=O) groups is 2. The molecule has 0 fully saturated rings. The first kappa shape index (κ1) is 21.1. The number of hydrogen-bond acceptors (Lipinski definition) is 4. The highest BCUT2D eigenvalue weighted by Crippen LogP contribution is 2.24. The van der Waals surface area contributed by atoms with E-state index in [2.05, 4.69) is 21.0 Å². The number of nitrogens with zero attached hydrogens (tertiary/aromatic N) is 2. The molecule has 0 unspecified atom stereocenters. The van der Waals surface area contributed by atoms with E-state index in [9.17, 15) is 9.59 Å². The Morgan fingerprint density at radius 1 is 0.875 bits per heavy atom. The maximum absolute atomic E-state index is 12.7. The van der Waals surface area contributed by atoms with Crippen molar-refractivity contribution in [2.75, 3.05) is 22.5 Å². The Labute approximate surface area is 190 Å². The van der Waals surface area contributed by atoms with Crippen molar-refractivity contribution in [3.8, 4) is 5.69 Å². The van der Waals surface area contributed by atoms with Gasteiger partial charge in [0.15, 0.2) is 0 Å². The van der Waals surface area contributed by atoms with Crippen LogP contribution in [0.5, 0.6) is 0 Å². The van der Waals surface area contributed by atoms with E-state index < -0.39 is 0 Å². The van der Waals surface area contributed by atoms with Crippen LogP contribution in [0.1, 0.15) is 10.4 Å². The SMILES string of the molecule is O=C(CNc1ccc(-n2cccn2)c(Cl)c1)Nc1ccccc1C(=O)Nc1ccccc1. The third kappa shape index (κ3) is 5.14. The van der Waals surface area contributed by atoms with E-state index >= 15 is 0 Å². The largest absolute Gasteiger partial charge is 0.376 e. The molecule has 8 heteroatoms. The second kappa shape index (κ2) is 9.80. The van der Waals surface area contributed by atoms with E-state index in [1.807, 2.05) is 36.4 Å². The molecular weight excluding hydrogens is 426 g/mol. The molecule has 7 nitrogen and oxygen atoms in total. The zero-order valence-electron chi connectivity index (χ0n) is 17.0. The summed E-state index contributed by atoms with van der Waals surface area (Å²) < 4.78 is 1.66. The van der Waals surface area contributed by atoms with Crippen LogP contribution in [-0.4, -0.2) is 28.1 Å². The van der Waals surface area contributed by atoms with Crippen molar-refractivity contribution in [1.82, 2.24) is 9.78 Å². The number of halogens is 1. The summed E-state index contributed by atoms with van der Waals surface area (Å²) in [6, 6.07) is 23.2. The summed E-state index contributed by atoms with van der Waals surface area (Å²) in [6.07, 6.45) is 3.47. The van der Waals surface area contributed by atoms with Crippen LogP contribution in [0.2, 0.25) is 5.02 Å². The lowest BCUT2D eigenvalue weighted by Gasteiger charge is -2.13. The van der Waals surface area contributed by atoms with Crippen molar-refractivity contribution in [3.63, 3.8) is 0 Å². The van der Waals surface area contributed by atoms with Gasteiger partial charge in [0.2, 0.25) is 5.91 Å². The van der Waals surface area contributed by atoms with E-state index in [0.29, 0.717) is 27.6 Å². The molecule has 0 spiro atoms. The van der Waals surface area contributed by atoms with Crippen LogP contribution in [0, 0.1) is 0 Å². The summed E-state index contributed by atoms with van der Waals surface area (Å²) in [5.41, 5.74) is 2.91. The van der Waals surface area contributed by atoms with Gasteiger partial charge in [0.1, 0.15) is 0 Å². The van der Waals surface area contributed by atoms with E-state index in [0.717, 1.165) is 5.69 Å². The first-order valence-electron chi connectivity index (χ1n) is 9.89. The lowest BCUT2D eigenvalue weighted by atomic mass is 10.1. The quantitative estimate of drug-likeness (QED) is 0.380. The minimum atomic E-state index is -0.305. The van der Waals surface area contributed by atoms with Crippen LogP contribution in [0.4, 0.5) is 17.1 Å². The fourth-order valence-electron chi connectivity index (χ4n) is 3.10. The molecule has 1 heterocycles. The van der Waals surface area contributed by atoms with Gasteiger partial charge in [0, 0.05) is 23.8 Å². The molecular formula is C24H20ClN5O2. The van der Waals surface area contributed by atoms with E-state index in [-0.39, 0.29) is 18.4 Å². The molecule has 3 aromatic carbocycles. The molecule has 0 aliphatic carbocycles. The van der Waals surface area contributed by atoms with Crippen LogP contribution < -0.4 is 16.0 Å². The zero-order valence-corrected chi connectivity index (χ0v) is 17.7. The molecule has 0 aliphatic heterocycles. The molecule has 4 aromatic rings. The van der Waals surface area contributed by atoms with Gasteiger partial charge in [-0.1, -0.05) is 41.9 Å². The summed E-state index contributed by atoms with van der Waals surface area (Å²) in [5, 5.41) is 13.3. The third-order valence-corrected chi connectivity index (χ3v) is 4.93. The summed E-state index contributed by atoms with van der Waals surface area (Å²) in [6.45, 7) is 0.00604. The molecule has 2 amide bonds. The Kier molecular flexibility index (Phi) is 6.48. The van der Waals surface area contributed by atoms with Gasteiger partial charge in [-0.25, -0.2) is 4.68 Å². The van der Waals surface area contributed by atoms with Crippen LogP contribution in [0.25, 0.3) is 5.69 Å². The molecule has 0 saturated heterocycles. The Morgan fingerprint density at radius 2 is 1.66 bits per heavy atom. The monoisotopic (exact) mass is 445 g/mol. The maximum Gasteiger partial charge on any atom is 0.257 e. The molecule has 4 rings (SSSR count). The number of anilines is 3. The lowest BCUT2D eigenvalue weighted by molar-refractivity contribution is -0.114. The fourth-order valence-corrected chi connectivity index (χ4v) is 3.37. The first-order chi connectivity index (χ1) is 15.6. The van der Waals surface area contributed by atoms with Crippen LogP contribution in [0.3, 0.4) is 0 Å². The number of benzene rings is 3. The fraction of sp³-hybridized carbons (Fsp3) is 0.0417. The van der Waals surface area contributed by atoms with E-state index in [1.54, 1.807) is 59.5 Å². The molecule has 0 atom stereocenters. The molecule has 0 saturated carbocycles. The van der Waals surface area contributed by atoms with Gasteiger partial charge in [-0.3, -0.25) is 9.59 Å². The van der Waals surface area contributed by atoms with Gasteiger partial charge >= 0.3 is 0 Å². The Balaban J connectivity index is 1.38. The molecule has 0 bridgehead atoms. The highest BCUT2D eigenvalue weighted by molar-refractivity contribution is 6.32. The van der Waals surface area contributed by atoms with Crippen molar-refractivity contribution in [2.24, 2.45) is 0 Å². The lowest BCUT2D eigenvalue weighted by Crippen LogP contribution is -2.24. The maximum atomic E-state index is 12.7. The Bertz CT molecular complexity index is 1230. The second-order valence-electron chi connectivity index (χ2n) is 6.88. The summed E-state index contributed by atoms with van der Waals surface area (Å²) >= 11 is 6.34. The summed E-state index contributed by atoms with van der Waals surface area (Å²) in [7, 11) is 0. The zero-order chi connectivity index (χ0) is 22.3. The molecule has 0 radical (unpaired) electrons. The average molecular weight is 446 g/mol. The number of nitrogens with one attached hydrogen (secondary N) is 3. The molecule has 160 valence electrons. The number of hydrogen-bond donors (Lipinski definition) is 3. The summed E-state index contributed by atoms with van der Waals surface area (Å²) in [5.74, 6) is -0.599. The Hall–Kier alpha value is -4.10. The van der Waals surface area contributed by atoms with Crippen LogP contribution >= 0.6 is 11.6 Å². The normalized spacial score (nSPS) is 10.4. The number of carbonyl (C=O) groups excluding carboxylic acids is 2. The second-order valence-corrected chi connectivity index (χ2v) is 7.29. The number of para-hydroxylation sites is 2. The Morgan fingerprint density at radius 3 is 2.41 bits per heavy atom. The predicted octanol–water partition coefficient (Wildman–Crippen LogP) is 4.83. The first-order valence-corrected chi connectivity index (χ1v) is 10.3. The van der Waals surface area contributed by atoms with E-state index in [4.69, 9.17) is 11.6 Å². The molecule has 32 heavy (non-hydrogen) atoms.